The molecule has 1 amide bonds. The predicted octanol–water partition coefficient (Wildman–Crippen LogP) is 3.24. The molecule has 0 unspecified atom stereocenters. The maximum Gasteiger partial charge on any atom is 0.293 e. The fourth-order valence-corrected chi connectivity index (χ4v) is 1.95. The van der Waals surface area contributed by atoms with Crippen molar-refractivity contribution < 1.29 is 9.36 Å². The Labute approximate surface area is 121 Å². The molecule has 0 aliphatic carbocycles. The second kappa shape index (κ2) is 5.97. The first-order chi connectivity index (χ1) is 9.06. The van der Waals surface area contributed by atoms with Crippen molar-refractivity contribution in [3.05, 3.63) is 58.8 Å². The van der Waals surface area contributed by atoms with E-state index in [9.17, 15) is 4.79 Å². The van der Waals surface area contributed by atoms with Crippen LogP contribution in [-0.2, 0) is 4.79 Å². The summed E-state index contributed by atoms with van der Waals surface area (Å²) < 4.78 is 2.88. The van der Waals surface area contributed by atoms with Crippen molar-refractivity contribution in [1.29, 1.82) is 0 Å². The number of hydrogen-bond donors (Lipinski definition) is 1. The molecule has 2 aromatic rings. The summed E-state index contributed by atoms with van der Waals surface area (Å²) in [5.41, 5.74) is 1.98. The topological polar surface area (TPSA) is 33.0 Å². The summed E-state index contributed by atoms with van der Waals surface area (Å²) in [7, 11) is 0. The van der Waals surface area contributed by atoms with E-state index in [2.05, 4.69) is 21.2 Å². The van der Waals surface area contributed by atoms with Crippen molar-refractivity contribution in [2.75, 3.05) is 5.32 Å². The first kappa shape index (κ1) is 13.7. The van der Waals surface area contributed by atoms with E-state index in [-0.39, 0.29) is 11.9 Å². The van der Waals surface area contributed by atoms with Crippen molar-refractivity contribution in [3.63, 3.8) is 0 Å². The summed E-state index contributed by atoms with van der Waals surface area (Å²) in [5, 5.41) is 2.90. The molecule has 0 radical (unpaired) electrons. The van der Waals surface area contributed by atoms with Crippen LogP contribution in [0.15, 0.2) is 53.3 Å². The lowest BCUT2D eigenvalue weighted by molar-refractivity contribution is -0.705. The van der Waals surface area contributed by atoms with Crippen molar-refractivity contribution >= 4 is 27.5 Å². The third-order valence-electron chi connectivity index (χ3n) is 2.96. The number of hydrogen-bond acceptors (Lipinski definition) is 1. The molecule has 1 aromatic heterocycles. The van der Waals surface area contributed by atoms with Crippen LogP contribution in [0.4, 0.5) is 5.69 Å². The Kier molecular flexibility index (Phi) is 4.32. The summed E-state index contributed by atoms with van der Waals surface area (Å²) in [4.78, 5) is 12.1. The second-order valence-corrected chi connectivity index (χ2v) is 5.41. The fraction of sp³-hybridized carbons (Fsp3) is 0.200. The molecule has 98 valence electrons. The average molecular weight is 320 g/mol. The minimum atomic E-state index is -0.246. The van der Waals surface area contributed by atoms with Gasteiger partial charge in [-0.1, -0.05) is 15.9 Å². The maximum absolute atomic E-state index is 12.1. The molecule has 1 aromatic carbocycles. The monoisotopic (exact) mass is 319 g/mol. The molecule has 1 heterocycles. The van der Waals surface area contributed by atoms with Crippen LogP contribution in [0.3, 0.4) is 0 Å². The lowest BCUT2D eigenvalue weighted by Crippen LogP contribution is -2.43. The molecule has 0 saturated heterocycles. The molecular formula is C15H16BrN2O+. The average Bonchev–Trinajstić information content (AvgIpc) is 2.41. The van der Waals surface area contributed by atoms with Crippen LogP contribution in [0.5, 0.6) is 0 Å². The lowest BCUT2D eigenvalue weighted by atomic mass is 10.2. The Bertz CT molecular complexity index is 564. The van der Waals surface area contributed by atoms with Crippen LogP contribution in [0.2, 0.25) is 0 Å². The molecule has 1 atom stereocenters. The molecule has 0 fully saturated rings. The van der Waals surface area contributed by atoms with E-state index >= 15 is 0 Å². The van der Waals surface area contributed by atoms with Gasteiger partial charge in [0.1, 0.15) is 0 Å². The quantitative estimate of drug-likeness (QED) is 0.865. The zero-order chi connectivity index (χ0) is 13.8. The zero-order valence-corrected chi connectivity index (χ0v) is 12.5. The normalized spacial score (nSPS) is 11.9. The van der Waals surface area contributed by atoms with Gasteiger partial charge in [0, 0.05) is 29.2 Å². The molecule has 0 spiro atoms. The molecule has 0 aliphatic heterocycles. The van der Waals surface area contributed by atoms with E-state index in [0.717, 1.165) is 10.2 Å². The fourth-order valence-electron chi connectivity index (χ4n) is 1.69. The number of rotatable bonds is 3. The number of aromatic nitrogens is 1. The Morgan fingerprint density at radius 1 is 1.16 bits per heavy atom. The highest BCUT2D eigenvalue weighted by Gasteiger charge is 2.21. The third-order valence-corrected chi connectivity index (χ3v) is 3.49. The van der Waals surface area contributed by atoms with Gasteiger partial charge in [0.15, 0.2) is 12.4 Å². The number of nitrogens with one attached hydrogen (secondary N) is 1. The van der Waals surface area contributed by atoms with Gasteiger partial charge in [-0.2, -0.15) is 4.57 Å². The highest BCUT2D eigenvalue weighted by atomic mass is 79.9. The van der Waals surface area contributed by atoms with Gasteiger partial charge in [-0.3, -0.25) is 4.79 Å². The van der Waals surface area contributed by atoms with Gasteiger partial charge >= 0.3 is 0 Å². The van der Waals surface area contributed by atoms with E-state index in [4.69, 9.17) is 0 Å². The largest absolute Gasteiger partial charge is 0.320 e. The van der Waals surface area contributed by atoms with Gasteiger partial charge < -0.3 is 5.32 Å². The maximum atomic E-state index is 12.1. The molecular weight excluding hydrogens is 304 g/mol. The van der Waals surface area contributed by atoms with Crippen LogP contribution in [0.25, 0.3) is 0 Å². The summed E-state index contributed by atoms with van der Waals surface area (Å²) in [6.45, 7) is 3.90. The van der Waals surface area contributed by atoms with E-state index in [1.54, 1.807) is 0 Å². The van der Waals surface area contributed by atoms with Crippen LogP contribution in [-0.4, -0.2) is 5.91 Å². The molecule has 3 nitrogen and oxygen atoms in total. The predicted molar refractivity (Wildman–Crippen MR) is 78.9 cm³/mol. The van der Waals surface area contributed by atoms with Crippen LogP contribution in [0.1, 0.15) is 18.5 Å². The summed E-state index contributed by atoms with van der Waals surface area (Å²) in [6, 6.07) is 11.3. The summed E-state index contributed by atoms with van der Waals surface area (Å²) in [6.07, 6.45) is 3.84. The molecule has 0 saturated carbocycles. The molecule has 4 heteroatoms. The smallest absolute Gasteiger partial charge is 0.293 e. The Hall–Kier alpha value is -1.68. The van der Waals surface area contributed by atoms with Crippen molar-refractivity contribution in [1.82, 2.24) is 0 Å². The van der Waals surface area contributed by atoms with Gasteiger partial charge in [-0.05, 0) is 36.8 Å². The van der Waals surface area contributed by atoms with E-state index in [1.165, 1.54) is 5.56 Å². The Morgan fingerprint density at radius 2 is 1.74 bits per heavy atom. The molecule has 1 N–H and O–H groups in total. The van der Waals surface area contributed by atoms with Gasteiger partial charge in [0.05, 0.1) is 0 Å². The number of pyridine rings is 1. The van der Waals surface area contributed by atoms with Crippen LogP contribution >= 0.6 is 15.9 Å². The Morgan fingerprint density at radius 3 is 2.32 bits per heavy atom. The summed E-state index contributed by atoms with van der Waals surface area (Å²) in [5.74, 6) is -0.0313. The Balaban J connectivity index is 2.07. The van der Waals surface area contributed by atoms with Gasteiger partial charge in [-0.25, -0.2) is 0 Å². The molecule has 19 heavy (non-hydrogen) atoms. The number of anilines is 1. The number of halogens is 1. The van der Waals surface area contributed by atoms with E-state index < -0.39 is 0 Å². The first-order valence-corrected chi connectivity index (χ1v) is 6.89. The minimum absolute atomic E-state index is 0.0313. The number of nitrogens with zero attached hydrogens (tertiary/aromatic N) is 1. The molecule has 0 aliphatic rings. The first-order valence-electron chi connectivity index (χ1n) is 6.10. The molecule has 0 bridgehead atoms. The van der Waals surface area contributed by atoms with Crippen molar-refractivity contribution in [3.8, 4) is 0 Å². The third kappa shape index (κ3) is 3.64. The number of benzene rings is 1. The number of carbonyl (C=O) groups excluding carboxylic acids is 1. The van der Waals surface area contributed by atoms with Crippen LogP contribution < -0.4 is 9.88 Å². The lowest BCUT2D eigenvalue weighted by Gasteiger charge is -2.08. The standard InChI is InChI=1S/C15H15BrN2O/c1-11-7-9-18(10-8-11)12(2)15(19)17-14-5-3-13(16)4-6-14/h3-10,12H,1-2H3/p+1/t12-/m1/s1. The van der Waals surface area contributed by atoms with Crippen LogP contribution in [0, 0.1) is 6.92 Å². The van der Waals surface area contributed by atoms with Crippen molar-refractivity contribution in [2.24, 2.45) is 0 Å². The van der Waals surface area contributed by atoms with Gasteiger partial charge in [-0.15, -0.1) is 0 Å². The van der Waals surface area contributed by atoms with Gasteiger partial charge in [0.25, 0.3) is 5.91 Å². The number of amides is 1. The highest BCUT2D eigenvalue weighted by Crippen LogP contribution is 2.14. The number of carbonyl (C=O) groups is 1. The molecule has 2 rings (SSSR count). The highest BCUT2D eigenvalue weighted by molar-refractivity contribution is 9.10. The SMILES string of the molecule is Cc1cc[n+]([C@H](C)C(=O)Nc2ccc(Br)cc2)cc1. The van der Waals surface area contributed by atoms with E-state index in [0.29, 0.717) is 0 Å². The minimum Gasteiger partial charge on any atom is -0.320 e. The zero-order valence-electron chi connectivity index (χ0n) is 10.9. The second-order valence-electron chi connectivity index (χ2n) is 4.49. The summed E-state index contributed by atoms with van der Waals surface area (Å²) >= 11 is 3.37. The number of aryl methyl sites for hydroxylation is 1. The van der Waals surface area contributed by atoms with E-state index in [1.807, 2.05) is 67.2 Å². The van der Waals surface area contributed by atoms with Crippen molar-refractivity contribution in [2.45, 2.75) is 19.9 Å². The van der Waals surface area contributed by atoms with Gasteiger partial charge in [0.2, 0.25) is 6.04 Å².